The SMILES string of the molecule is O=S(=O)(c1ccccc1Cl)N(Cc1ccco1)c1ccccn1. The molecule has 0 fully saturated rings. The van der Waals surface area contributed by atoms with E-state index in [0.29, 0.717) is 11.6 Å². The van der Waals surface area contributed by atoms with Crippen LogP contribution in [0.25, 0.3) is 0 Å². The van der Waals surface area contributed by atoms with Gasteiger partial charge in [-0.3, -0.25) is 0 Å². The minimum absolute atomic E-state index is 0.0254. The average molecular weight is 349 g/mol. The Morgan fingerprint density at radius 2 is 1.83 bits per heavy atom. The van der Waals surface area contributed by atoms with Gasteiger partial charge in [0.25, 0.3) is 10.0 Å². The summed E-state index contributed by atoms with van der Waals surface area (Å²) in [5, 5.41) is 0.160. The number of sulfonamides is 1. The summed E-state index contributed by atoms with van der Waals surface area (Å²) in [7, 11) is -3.88. The number of rotatable bonds is 5. The maximum Gasteiger partial charge on any atom is 0.267 e. The van der Waals surface area contributed by atoms with Gasteiger partial charge in [0.15, 0.2) is 0 Å². The summed E-state index contributed by atoms with van der Waals surface area (Å²) in [4.78, 5) is 4.17. The molecule has 0 aliphatic heterocycles. The highest BCUT2D eigenvalue weighted by Gasteiger charge is 2.28. The number of nitrogens with zero attached hydrogens (tertiary/aromatic N) is 2. The van der Waals surface area contributed by atoms with E-state index < -0.39 is 10.0 Å². The topological polar surface area (TPSA) is 63.4 Å². The zero-order valence-electron chi connectivity index (χ0n) is 12.0. The van der Waals surface area contributed by atoms with Gasteiger partial charge in [0, 0.05) is 6.20 Å². The quantitative estimate of drug-likeness (QED) is 0.705. The molecular formula is C16H13ClN2O3S. The molecular weight excluding hydrogens is 336 g/mol. The number of anilines is 1. The Morgan fingerprint density at radius 1 is 1.04 bits per heavy atom. The molecule has 2 aromatic heterocycles. The number of furan rings is 1. The molecule has 5 nitrogen and oxygen atoms in total. The molecule has 23 heavy (non-hydrogen) atoms. The summed E-state index contributed by atoms with van der Waals surface area (Å²) in [6.07, 6.45) is 3.03. The Hall–Kier alpha value is -2.31. The summed E-state index contributed by atoms with van der Waals surface area (Å²) in [5.74, 6) is 0.801. The Morgan fingerprint density at radius 3 is 2.48 bits per heavy atom. The molecule has 0 aliphatic rings. The highest BCUT2D eigenvalue weighted by Crippen LogP contribution is 2.28. The minimum Gasteiger partial charge on any atom is -0.467 e. The monoisotopic (exact) mass is 348 g/mol. The number of benzene rings is 1. The Kier molecular flexibility index (Phi) is 4.36. The summed E-state index contributed by atoms with van der Waals surface area (Å²) in [6.45, 7) is 0.0254. The van der Waals surface area contributed by atoms with Crippen molar-refractivity contribution in [2.24, 2.45) is 0 Å². The van der Waals surface area contributed by atoms with Crippen molar-refractivity contribution in [3.8, 4) is 0 Å². The van der Waals surface area contributed by atoms with Crippen LogP contribution in [0.2, 0.25) is 5.02 Å². The molecule has 0 spiro atoms. The lowest BCUT2D eigenvalue weighted by atomic mass is 10.4. The first kappa shape index (κ1) is 15.6. The standard InChI is InChI=1S/C16H13ClN2O3S/c17-14-7-1-2-8-15(14)23(20,21)19(12-13-6-5-11-22-13)16-9-3-4-10-18-16/h1-11H,12H2. The summed E-state index contributed by atoms with van der Waals surface area (Å²) in [5.41, 5.74) is 0. The molecule has 0 unspecified atom stereocenters. The molecule has 0 amide bonds. The van der Waals surface area contributed by atoms with Crippen molar-refractivity contribution in [3.63, 3.8) is 0 Å². The summed E-state index contributed by atoms with van der Waals surface area (Å²) >= 11 is 6.07. The lowest BCUT2D eigenvalue weighted by Crippen LogP contribution is -2.31. The Bertz CT molecular complexity index is 881. The van der Waals surface area contributed by atoms with Gasteiger partial charge in [-0.2, -0.15) is 0 Å². The third-order valence-electron chi connectivity index (χ3n) is 3.19. The number of hydrogen-bond acceptors (Lipinski definition) is 4. The third-order valence-corrected chi connectivity index (χ3v) is 5.44. The van der Waals surface area contributed by atoms with Gasteiger partial charge in [-0.15, -0.1) is 0 Å². The van der Waals surface area contributed by atoms with E-state index in [1.807, 2.05) is 0 Å². The molecule has 0 aliphatic carbocycles. The number of pyridine rings is 1. The maximum absolute atomic E-state index is 13.0. The molecule has 0 N–H and O–H groups in total. The number of halogens is 1. The second kappa shape index (κ2) is 6.44. The maximum atomic E-state index is 13.0. The smallest absolute Gasteiger partial charge is 0.267 e. The van der Waals surface area contributed by atoms with Crippen LogP contribution in [-0.2, 0) is 16.6 Å². The van der Waals surface area contributed by atoms with Crippen molar-refractivity contribution in [2.45, 2.75) is 11.4 Å². The largest absolute Gasteiger partial charge is 0.467 e. The van der Waals surface area contributed by atoms with Crippen molar-refractivity contribution in [2.75, 3.05) is 4.31 Å². The van der Waals surface area contributed by atoms with Gasteiger partial charge >= 0.3 is 0 Å². The van der Waals surface area contributed by atoms with Crippen LogP contribution in [0.15, 0.2) is 76.4 Å². The lowest BCUT2D eigenvalue weighted by Gasteiger charge is -2.22. The zero-order valence-corrected chi connectivity index (χ0v) is 13.5. The van der Waals surface area contributed by atoms with E-state index >= 15 is 0 Å². The van der Waals surface area contributed by atoms with E-state index in [1.54, 1.807) is 42.5 Å². The van der Waals surface area contributed by atoms with Crippen LogP contribution >= 0.6 is 11.6 Å². The fourth-order valence-electron chi connectivity index (χ4n) is 2.11. The molecule has 118 valence electrons. The summed E-state index contributed by atoms with van der Waals surface area (Å²) < 4.78 is 32.5. The molecule has 2 heterocycles. The van der Waals surface area contributed by atoms with Crippen molar-refractivity contribution in [1.29, 1.82) is 0 Å². The predicted molar refractivity (Wildman–Crippen MR) is 87.8 cm³/mol. The van der Waals surface area contributed by atoms with Gasteiger partial charge in [-0.05, 0) is 36.4 Å². The van der Waals surface area contributed by atoms with Crippen LogP contribution < -0.4 is 4.31 Å². The normalized spacial score (nSPS) is 11.3. The van der Waals surface area contributed by atoms with Gasteiger partial charge in [0.1, 0.15) is 16.5 Å². The fourth-order valence-corrected chi connectivity index (χ4v) is 3.99. The van der Waals surface area contributed by atoms with E-state index in [9.17, 15) is 8.42 Å². The van der Waals surface area contributed by atoms with Crippen LogP contribution in [0.1, 0.15) is 5.76 Å². The number of hydrogen-bond donors (Lipinski definition) is 0. The molecule has 0 radical (unpaired) electrons. The average Bonchev–Trinajstić information content (AvgIpc) is 3.07. The van der Waals surface area contributed by atoms with Crippen molar-refractivity contribution < 1.29 is 12.8 Å². The highest BCUT2D eigenvalue weighted by molar-refractivity contribution is 7.92. The number of aromatic nitrogens is 1. The highest BCUT2D eigenvalue weighted by atomic mass is 35.5. The molecule has 3 aromatic rings. The van der Waals surface area contributed by atoms with E-state index in [1.165, 1.54) is 28.9 Å². The van der Waals surface area contributed by atoms with Gasteiger partial charge in [-0.25, -0.2) is 17.7 Å². The molecule has 0 saturated carbocycles. The molecule has 7 heteroatoms. The van der Waals surface area contributed by atoms with Gasteiger partial charge in [0.05, 0.1) is 17.8 Å². The second-order valence-corrected chi connectivity index (χ2v) is 6.95. The van der Waals surface area contributed by atoms with E-state index in [2.05, 4.69) is 4.98 Å². The minimum atomic E-state index is -3.88. The van der Waals surface area contributed by atoms with Crippen LogP contribution in [-0.4, -0.2) is 13.4 Å². The second-order valence-electron chi connectivity index (χ2n) is 4.71. The summed E-state index contributed by atoms with van der Waals surface area (Å²) in [6, 6.07) is 14.8. The Labute approximate surface area is 139 Å². The first-order valence-electron chi connectivity index (χ1n) is 6.80. The van der Waals surface area contributed by atoms with Gasteiger partial charge in [-0.1, -0.05) is 29.8 Å². The van der Waals surface area contributed by atoms with Crippen molar-refractivity contribution >= 4 is 27.4 Å². The first-order valence-corrected chi connectivity index (χ1v) is 8.61. The molecule has 3 rings (SSSR count). The Balaban J connectivity index is 2.09. The van der Waals surface area contributed by atoms with Crippen LogP contribution in [0, 0.1) is 0 Å². The molecule has 1 aromatic carbocycles. The lowest BCUT2D eigenvalue weighted by molar-refractivity contribution is 0.508. The molecule has 0 bridgehead atoms. The van der Waals surface area contributed by atoms with Gasteiger partial charge < -0.3 is 4.42 Å². The molecule has 0 saturated heterocycles. The van der Waals surface area contributed by atoms with Crippen LogP contribution in [0.5, 0.6) is 0 Å². The van der Waals surface area contributed by atoms with Crippen molar-refractivity contribution in [3.05, 3.63) is 77.8 Å². The van der Waals surface area contributed by atoms with Gasteiger partial charge in [0.2, 0.25) is 0 Å². The van der Waals surface area contributed by atoms with E-state index in [4.69, 9.17) is 16.0 Å². The van der Waals surface area contributed by atoms with Crippen LogP contribution in [0.3, 0.4) is 0 Å². The first-order chi connectivity index (χ1) is 11.1. The van der Waals surface area contributed by atoms with E-state index in [0.717, 1.165) is 0 Å². The third kappa shape index (κ3) is 3.23. The predicted octanol–water partition coefficient (Wildman–Crippen LogP) is 3.72. The van der Waals surface area contributed by atoms with E-state index in [-0.39, 0.29) is 16.5 Å². The zero-order chi connectivity index (χ0) is 16.3. The fraction of sp³-hybridized carbons (Fsp3) is 0.0625. The van der Waals surface area contributed by atoms with Crippen LogP contribution in [0.4, 0.5) is 5.82 Å². The van der Waals surface area contributed by atoms with Crippen molar-refractivity contribution in [1.82, 2.24) is 4.98 Å². The molecule has 0 atom stereocenters.